The van der Waals surface area contributed by atoms with Crippen LogP contribution in [0.25, 0.3) is 0 Å². The number of halogens is 1. The first kappa shape index (κ1) is 12.8. The average Bonchev–Trinajstić information content (AvgIpc) is 2.11. The van der Waals surface area contributed by atoms with Crippen molar-refractivity contribution in [2.45, 2.75) is 51.8 Å². The average molecular weight is 269 g/mol. The van der Waals surface area contributed by atoms with Crippen LogP contribution >= 0.6 is 15.9 Å². The van der Waals surface area contributed by atoms with Gasteiger partial charge in [-0.15, -0.1) is 0 Å². The van der Waals surface area contributed by atoms with Crippen LogP contribution in [0.15, 0.2) is 12.1 Å². The molecule has 0 bridgehead atoms. The maximum absolute atomic E-state index is 3.76. The van der Waals surface area contributed by atoms with Gasteiger partial charge in [0.2, 0.25) is 0 Å². The summed E-state index contributed by atoms with van der Waals surface area (Å²) in [6.07, 6.45) is 3.67. The molecule has 0 nitrogen and oxygen atoms in total. The summed E-state index contributed by atoms with van der Waals surface area (Å²) in [7, 11) is 0. The van der Waals surface area contributed by atoms with E-state index in [0.717, 1.165) is 6.42 Å². The molecule has 0 heterocycles. The second kappa shape index (κ2) is 5.69. The van der Waals surface area contributed by atoms with Crippen molar-refractivity contribution in [3.63, 3.8) is 0 Å². The van der Waals surface area contributed by atoms with Gasteiger partial charge >= 0.3 is 0 Å². The first-order chi connectivity index (χ1) is 7.04. The van der Waals surface area contributed by atoms with Gasteiger partial charge < -0.3 is 0 Å². The minimum absolute atomic E-state index is 0.627. The molecule has 84 valence electrons. The number of aryl methyl sites for hydroxylation is 3. The Morgan fingerprint density at radius 3 is 2.13 bits per heavy atom. The van der Waals surface area contributed by atoms with E-state index in [9.17, 15) is 0 Å². The van der Waals surface area contributed by atoms with Crippen molar-refractivity contribution in [3.8, 4) is 0 Å². The SMILES string of the molecule is CCCC(Br)Cc1c(C)cc(C)cc1C. The van der Waals surface area contributed by atoms with Crippen LogP contribution in [0, 0.1) is 20.8 Å². The van der Waals surface area contributed by atoms with Crippen molar-refractivity contribution in [3.05, 3.63) is 34.4 Å². The number of alkyl halides is 1. The second-order valence-electron chi connectivity index (χ2n) is 4.47. The van der Waals surface area contributed by atoms with E-state index in [-0.39, 0.29) is 0 Å². The van der Waals surface area contributed by atoms with E-state index in [4.69, 9.17) is 0 Å². The zero-order chi connectivity index (χ0) is 11.4. The molecule has 1 aromatic carbocycles. The lowest BCUT2D eigenvalue weighted by Gasteiger charge is -2.14. The fourth-order valence-corrected chi connectivity index (χ4v) is 2.95. The van der Waals surface area contributed by atoms with Crippen LogP contribution in [0.5, 0.6) is 0 Å². The predicted octanol–water partition coefficient (Wildman–Crippen LogP) is 4.72. The first-order valence-corrected chi connectivity index (χ1v) is 6.67. The fraction of sp³-hybridized carbons (Fsp3) is 0.571. The van der Waals surface area contributed by atoms with Gasteiger partial charge in [-0.25, -0.2) is 0 Å². The van der Waals surface area contributed by atoms with Gasteiger partial charge in [0, 0.05) is 4.83 Å². The highest BCUT2D eigenvalue weighted by molar-refractivity contribution is 9.09. The molecule has 0 saturated carbocycles. The Kier molecular flexibility index (Phi) is 4.85. The molecule has 0 saturated heterocycles. The Morgan fingerprint density at radius 1 is 1.13 bits per heavy atom. The summed E-state index contributed by atoms with van der Waals surface area (Å²) in [5.74, 6) is 0. The maximum Gasteiger partial charge on any atom is 0.0186 e. The van der Waals surface area contributed by atoms with Crippen LogP contribution in [-0.4, -0.2) is 4.83 Å². The van der Waals surface area contributed by atoms with Crippen molar-refractivity contribution < 1.29 is 0 Å². The van der Waals surface area contributed by atoms with Gasteiger partial charge in [0.15, 0.2) is 0 Å². The van der Waals surface area contributed by atoms with Gasteiger partial charge in [-0.3, -0.25) is 0 Å². The standard InChI is InChI=1S/C14H21Br/c1-5-6-13(15)9-14-11(3)7-10(2)8-12(14)4/h7-8,13H,5-6,9H2,1-4H3. The predicted molar refractivity (Wildman–Crippen MR) is 72.0 cm³/mol. The van der Waals surface area contributed by atoms with Crippen LogP contribution < -0.4 is 0 Å². The van der Waals surface area contributed by atoms with Crippen LogP contribution in [-0.2, 0) is 6.42 Å². The van der Waals surface area contributed by atoms with Crippen molar-refractivity contribution in [1.82, 2.24) is 0 Å². The molecule has 0 N–H and O–H groups in total. The lowest BCUT2D eigenvalue weighted by Crippen LogP contribution is -2.05. The molecular weight excluding hydrogens is 248 g/mol. The Hall–Kier alpha value is -0.300. The summed E-state index contributed by atoms with van der Waals surface area (Å²) in [4.78, 5) is 0.627. The third-order valence-electron chi connectivity index (χ3n) is 2.87. The van der Waals surface area contributed by atoms with Gasteiger partial charge in [0.05, 0.1) is 0 Å². The number of benzene rings is 1. The van der Waals surface area contributed by atoms with Crippen molar-refractivity contribution in [2.24, 2.45) is 0 Å². The molecule has 1 aromatic rings. The topological polar surface area (TPSA) is 0 Å². The molecule has 0 spiro atoms. The Morgan fingerprint density at radius 2 is 1.67 bits per heavy atom. The summed E-state index contributed by atoms with van der Waals surface area (Å²) >= 11 is 3.76. The molecule has 1 heteroatoms. The zero-order valence-electron chi connectivity index (χ0n) is 10.2. The zero-order valence-corrected chi connectivity index (χ0v) is 11.8. The summed E-state index contributed by atoms with van der Waals surface area (Å²) in [6.45, 7) is 8.85. The summed E-state index contributed by atoms with van der Waals surface area (Å²) in [5.41, 5.74) is 5.77. The van der Waals surface area contributed by atoms with Gasteiger partial charge in [0.25, 0.3) is 0 Å². The van der Waals surface area contributed by atoms with Crippen molar-refractivity contribution >= 4 is 15.9 Å². The lowest BCUT2D eigenvalue weighted by molar-refractivity contribution is 0.740. The highest BCUT2D eigenvalue weighted by atomic mass is 79.9. The van der Waals surface area contributed by atoms with E-state index in [1.807, 2.05) is 0 Å². The highest BCUT2D eigenvalue weighted by Crippen LogP contribution is 2.22. The van der Waals surface area contributed by atoms with Crippen molar-refractivity contribution in [1.29, 1.82) is 0 Å². The van der Waals surface area contributed by atoms with E-state index in [0.29, 0.717) is 4.83 Å². The van der Waals surface area contributed by atoms with E-state index >= 15 is 0 Å². The summed E-state index contributed by atoms with van der Waals surface area (Å²) < 4.78 is 0. The van der Waals surface area contributed by atoms with Gasteiger partial charge in [-0.2, -0.15) is 0 Å². The summed E-state index contributed by atoms with van der Waals surface area (Å²) in [5, 5.41) is 0. The molecule has 0 aliphatic heterocycles. The third kappa shape index (κ3) is 3.64. The molecule has 0 radical (unpaired) electrons. The van der Waals surface area contributed by atoms with E-state index in [1.54, 1.807) is 0 Å². The fourth-order valence-electron chi connectivity index (χ4n) is 2.17. The first-order valence-electron chi connectivity index (χ1n) is 5.75. The van der Waals surface area contributed by atoms with Crippen LogP contribution in [0.2, 0.25) is 0 Å². The lowest BCUT2D eigenvalue weighted by atomic mass is 9.95. The minimum atomic E-state index is 0.627. The maximum atomic E-state index is 3.76. The molecule has 0 aliphatic rings. The van der Waals surface area contributed by atoms with Gasteiger partial charge in [-0.1, -0.05) is 47.0 Å². The molecule has 0 fully saturated rings. The van der Waals surface area contributed by atoms with Crippen LogP contribution in [0.1, 0.15) is 42.0 Å². The van der Waals surface area contributed by atoms with Crippen LogP contribution in [0.3, 0.4) is 0 Å². The summed E-state index contributed by atoms with van der Waals surface area (Å²) in [6, 6.07) is 4.57. The minimum Gasteiger partial charge on any atom is -0.0887 e. The van der Waals surface area contributed by atoms with Crippen molar-refractivity contribution in [2.75, 3.05) is 0 Å². The van der Waals surface area contributed by atoms with Crippen LogP contribution in [0.4, 0.5) is 0 Å². The molecular formula is C14H21Br. The monoisotopic (exact) mass is 268 g/mol. The van der Waals surface area contributed by atoms with E-state index in [2.05, 4.69) is 55.8 Å². The molecule has 1 atom stereocenters. The number of hydrogen-bond acceptors (Lipinski definition) is 0. The Labute approximate surface area is 102 Å². The molecule has 0 amide bonds. The second-order valence-corrected chi connectivity index (χ2v) is 5.76. The van der Waals surface area contributed by atoms with Gasteiger partial charge in [0.1, 0.15) is 0 Å². The Bertz CT molecular complexity index is 305. The van der Waals surface area contributed by atoms with Gasteiger partial charge in [-0.05, 0) is 50.3 Å². The molecule has 0 aromatic heterocycles. The number of rotatable bonds is 4. The van der Waals surface area contributed by atoms with E-state index < -0.39 is 0 Å². The Balaban J connectivity index is 2.85. The van der Waals surface area contributed by atoms with E-state index in [1.165, 1.54) is 35.1 Å². The molecule has 1 unspecified atom stereocenters. The normalized spacial score (nSPS) is 12.9. The molecule has 1 rings (SSSR count). The smallest absolute Gasteiger partial charge is 0.0186 e. The number of hydrogen-bond donors (Lipinski definition) is 0. The quantitative estimate of drug-likeness (QED) is 0.694. The largest absolute Gasteiger partial charge is 0.0887 e. The molecule has 0 aliphatic carbocycles. The third-order valence-corrected chi connectivity index (χ3v) is 3.65. The molecule has 15 heavy (non-hydrogen) atoms. The highest BCUT2D eigenvalue weighted by Gasteiger charge is 2.09.